The van der Waals surface area contributed by atoms with Gasteiger partial charge in [-0.05, 0) is 46.3 Å². The maximum Gasteiger partial charge on any atom is 0.332 e. The number of nitrogens with zero attached hydrogens (tertiary/aromatic N) is 2. The first-order valence-electron chi connectivity index (χ1n) is 6.88. The highest BCUT2D eigenvalue weighted by Crippen LogP contribution is 2.07. The molecule has 1 saturated heterocycles. The van der Waals surface area contributed by atoms with E-state index in [0.717, 1.165) is 19.6 Å². The minimum atomic E-state index is -0.857. The third-order valence-corrected chi connectivity index (χ3v) is 3.41. The molecular formula is C13H26N2O3. The number of carboxylic acids is 1. The number of aliphatic carboxylic acids is 1. The minimum Gasteiger partial charge on any atom is -0.479 e. The van der Waals surface area contributed by atoms with Crippen molar-refractivity contribution < 1.29 is 14.6 Å². The number of rotatable bonds is 9. The van der Waals surface area contributed by atoms with Crippen LogP contribution in [0.3, 0.4) is 0 Å². The highest BCUT2D eigenvalue weighted by Gasteiger charge is 2.18. The number of likely N-dealkylation sites (tertiary alicyclic amines) is 1. The molecule has 0 radical (unpaired) electrons. The summed E-state index contributed by atoms with van der Waals surface area (Å²) in [5.74, 6) is -0.857. The van der Waals surface area contributed by atoms with Crippen molar-refractivity contribution in [2.75, 3.05) is 46.4 Å². The molecular weight excluding hydrogens is 232 g/mol. The highest BCUT2D eigenvalue weighted by molar-refractivity contribution is 5.72. The Hall–Kier alpha value is -0.650. The topological polar surface area (TPSA) is 53.0 Å². The molecule has 1 heterocycles. The van der Waals surface area contributed by atoms with Crippen LogP contribution < -0.4 is 0 Å². The Balaban J connectivity index is 2.14. The third-order valence-electron chi connectivity index (χ3n) is 3.41. The Labute approximate surface area is 110 Å². The largest absolute Gasteiger partial charge is 0.479 e. The van der Waals surface area contributed by atoms with Gasteiger partial charge in [0.15, 0.2) is 6.10 Å². The fourth-order valence-corrected chi connectivity index (χ4v) is 2.25. The summed E-state index contributed by atoms with van der Waals surface area (Å²) in [6.07, 6.45) is 2.52. The summed E-state index contributed by atoms with van der Waals surface area (Å²) in [5, 5.41) is 8.97. The van der Waals surface area contributed by atoms with Gasteiger partial charge in [-0.15, -0.1) is 0 Å². The van der Waals surface area contributed by atoms with E-state index in [0.29, 0.717) is 13.0 Å². The van der Waals surface area contributed by atoms with Crippen LogP contribution in [-0.4, -0.2) is 73.4 Å². The number of likely N-dealkylation sites (N-methyl/N-ethyl adjacent to an activating group) is 1. The number of hydrogen-bond donors (Lipinski definition) is 1. The molecule has 5 nitrogen and oxygen atoms in total. The fraction of sp³-hybridized carbons (Fsp3) is 0.923. The van der Waals surface area contributed by atoms with Crippen LogP contribution in [0.25, 0.3) is 0 Å². The lowest BCUT2D eigenvalue weighted by Gasteiger charge is -2.22. The third kappa shape index (κ3) is 5.80. The molecule has 0 aromatic carbocycles. The zero-order valence-electron chi connectivity index (χ0n) is 11.6. The van der Waals surface area contributed by atoms with Gasteiger partial charge in [0.25, 0.3) is 0 Å². The predicted octanol–water partition coefficient (Wildman–Crippen LogP) is 0.894. The van der Waals surface area contributed by atoms with E-state index in [1.54, 1.807) is 0 Å². The average Bonchev–Trinajstić information content (AvgIpc) is 2.84. The highest BCUT2D eigenvalue weighted by atomic mass is 16.5. The van der Waals surface area contributed by atoms with Crippen molar-refractivity contribution in [1.29, 1.82) is 0 Å². The number of carbonyl (C=O) groups is 1. The molecule has 1 aliphatic heterocycles. The van der Waals surface area contributed by atoms with Crippen molar-refractivity contribution in [3.05, 3.63) is 0 Å². The van der Waals surface area contributed by atoms with E-state index in [4.69, 9.17) is 9.84 Å². The molecule has 1 aliphatic rings. The van der Waals surface area contributed by atoms with Crippen molar-refractivity contribution in [3.63, 3.8) is 0 Å². The zero-order chi connectivity index (χ0) is 13.4. The normalized spacial score (nSPS) is 18.4. The molecule has 1 rings (SSSR count). The van der Waals surface area contributed by atoms with Crippen molar-refractivity contribution in [2.45, 2.75) is 32.3 Å². The lowest BCUT2D eigenvalue weighted by Crippen LogP contribution is -2.34. The van der Waals surface area contributed by atoms with E-state index < -0.39 is 12.1 Å². The molecule has 1 unspecified atom stereocenters. The molecule has 0 aliphatic carbocycles. The van der Waals surface area contributed by atoms with E-state index in [1.807, 2.05) is 14.0 Å². The van der Waals surface area contributed by atoms with Crippen molar-refractivity contribution in [2.24, 2.45) is 0 Å². The number of carboxylic acid groups (broad SMARTS) is 1. The molecule has 18 heavy (non-hydrogen) atoms. The van der Waals surface area contributed by atoms with E-state index in [9.17, 15) is 4.79 Å². The van der Waals surface area contributed by atoms with E-state index in [1.165, 1.54) is 25.9 Å². The molecule has 0 aromatic rings. The van der Waals surface area contributed by atoms with Crippen molar-refractivity contribution in [3.8, 4) is 0 Å². The molecule has 5 heteroatoms. The van der Waals surface area contributed by atoms with Crippen LogP contribution in [0.1, 0.15) is 26.2 Å². The van der Waals surface area contributed by atoms with Crippen molar-refractivity contribution in [1.82, 2.24) is 9.80 Å². The number of ether oxygens (including phenoxy) is 1. The minimum absolute atomic E-state index is 0.453. The summed E-state index contributed by atoms with van der Waals surface area (Å²) in [4.78, 5) is 15.6. The van der Waals surface area contributed by atoms with Crippen LogP contribution in [0.4, 0.5) is 0 Å². The fourth-order valence-electron chi connectivity index (χ4n) is 2.25. The van der Waals surface area contributed by atoms with Crippen molar-refractivity contribution >= 4 is 5.97 Å². The van der Waals surface area contributed by atoms with Gasteiger partial charge in [-0.1, -0.05) is 0 Å². The molecule has 0 amide bonds. The maximum absolute atomic E-state index is 10.9. The molecule has 0 spiro atoms. The second-order valence-corrected chi connectivity index (χ2v) is 4.92. The molecule has 0 saturated carbocycles. The first-order valence-corrected chi connectivity index (χ1v) is 6.88. The molecule has 1 N–H and O–H groups in total. The van der Waals surface area contributed by atoms with Crippen LogP contribution in [0.5, 0.6) is 0 Å². The van der Waals surface area contributed by atoms with Gasteiger partial charge in [0.2, 0.25) is 0 Å². The predicted molar refractivity (Wildman–Crippen MR) is 70.8 cm³/mol. The first-order chi connectivity index (χ1) is 8.63. The Bertz CT molecular complexity index is 242. The van der Waals surface area contributed by atoms with Crippen LogP contribution in [0, 0.1) is 0 Å². The Kier molecular flexibility index (Phi) is 7.23. The summed E-state index contributed by atoms with van der Waals surface area (Å²) < 4.78 is 5.20. The van der Waals surface area contributed by atoms with Gasteiger partial charge in [0.05, 0.1) is 0 Å². The summed E-state index contributed by atoms with van der Waals surface area (Å²) in [5.41, 5.74) is 0. The summed E-state index contributed by atoms with van der Waals surface area (Å²) in [6, 6.07) is 0. The summed E-state index contributed by atoms with van der Waals surface area (Å²) >= 11 is 0. The smallest absolute Gasteiger partial charge is 0.332 e. The van der Waals surface area contributed by atoms with E-state index in [-0.39, 0.29) is 0 Å². The van der Waals surface area contributed by atoms with Crippen LogP contribution in [0.2, 0.25) is 0 Å². The van der Waals surface area contributed by atoms with E-state index in [2.05, 4.69) is 9.80 Å². The van der Waals surface area contributed by atoms with Gasteiger partial charge >= 0.3 is 5.97 Å². The lowest BCUT2D eigenvalue weighted by molar-refractivity contribution is -0.150. The second-order valence-electron chi connectivity index (χ2n) is 4.92. The van der Waals surface area contributed by atoms with Gasteiger partial charge in [0.1, 0.15) is 0 Å². The Morgan fingerprint density at radius 3 is 2.61 bits per heavy atom. The Morgan fingerprint density at radius 2 is 2.06 bits per heavy atom. The summed E-state index contributed by atoms with van der Waals surface area (Å²) in [7, 11) is 2.04. The van der Waals surface area contributed by atoms with E-state index >= 15 is 0 Å². The lowest BCUT2D eigenvalue weighted by atomic mass is 10.2. The molecule has 0 aromatic heterocycles. The quantitative estimate of drug-likeness (QED) is 0.666. The Morgan fingerprint density at radius 1 is 1.39 bits per heavy atom. The van der Waals surface area contributed by atoms with Gasteiger partial charge in [0, 0.05) is 26.2 Å². The first kappa shape index (κ1) is 15.4. The van der Waals surface area contributed by atoms with Crippen LogP contribution in [-0.2, 0) is 9.53 Å². The van der Waals surface area contributed by atoms with Gasteiger partial charge in [-0.3, -0.25) is 0 Å². The maximum atomic E-state index is 10.9. The molecule has 0 bridgehead atoms. The van der Waals surface area contributed by atoms with Crippen LogP contribution >= 0.6 is 0 Å². The SMILES string of the molecule is CCOC(CCN(C)CCN1CCCC1)C(=O)O. The average molecular weight is 258 g/mol. The molecule has 106 valence electrons. The van der Waals surface area contributed by atoms with Crippen LogP contribution in [0.15, 0.2) is 0 Å². The second kappa shape index (κ2) is 8.45. The van der Waals surface area contributed by atoms with Gasteiger partial charge < -0.3 is 19.6 Å². The van der Waals surface area contributed by atoms with Gasteiger partial charge in [-0.2, -0.15) is 0 Å². The molecule has 1 atom stereocenters. The van der Waals surface area contributed by atoms with Gasteiger partial charge in [-0.25, -0.2) is 4.79 Å². The number of hydrogen-bond acceptors (Lipinski definition) is 4. The standard InChI is InChI=1S/C13H26N2O3/c1-3-18-12(13(16)17)6-9-14(2)10-11-15-7-4-5-8-15/h12H,3-11H2,1-2H3,(H,16,17). The molecule has 1 fully saturated rings. The monoisotopic (exact) mass is 258 g/mol. The zero-order valence-corrected chi connectivity index (χ0v) is 11.6. The summed E-state index contributed by atoms with van der Waals surface area (Å²) in [6.45, 7) is 7.56.